The van der Waals surface area contributed by atoms with Gasteiger partial charge in [0, 0.05) is 31.6 Å². The van der Waals surface area contributed by atoms with E-state index in [1.54, 1.807) is 24.3 Å². The number of alkyl halides is 3. The number of ether oxygens (including phenoxy) is 2. The molecule has 1 saturated carbocycles. The third-order valence-electron chi connectivity index (χ3n) is 11.3. The lowest BCUT2D eigenvalue weighted by Crippen LogP contribution is -2.60. The van der Waals surface area contributed by atoms with Gasteiger partial charge >= 0.3 is 0 Å². The van der Waals surface area contributed by atoms with E-state index in [1.807, 2.05) is 24.3 Å². The molecule has 7 rings (SSSR count). The minimum Gasteiger partial charge on any atom is -0.502 e. The van der Waals surface area contributed by atoms with E-state index in [2.05, 4.69) is 33.0 Å². The summed E-state index contributed by atoms with van der Waals surface area (Å²) in [6, 6.07) is 13.2. The molecule has 0 unspecified atom stereocenters. The minimum absolute atomic E-state index is 0.0628. The summed E-state index contributed by atoms with van der Waals surface area (Å²) in [6.07, 6.45) is 6.95. The van der Waals surface area contributed by atoms with Gasteiger partial charge in [-0.2, -0.15) is 0 Å². The van der Waals surface area contributed by atoms with Crippen LogP contribution in [0.1, 0.15) is 36.8 Å². The van der Waals surface area contributed by atoms with Gasteiger partial charge in [-0.05, 0) is 54.9 Å². The summed E-state index contributed by atoms with van der Waals surface area (Å²) in [4.78, 5) is 57.4. The first kappa shape index (κ1) is 35.0. The first-order valence-corrected chi connectivity index (χ1v) is 18.6. The molecule has 3 aliphatic heterocycles. The average Bonchev–Trinajstić information content (AvgIpc) is 3.46. The first-order valence-electron chi connectivity index (χ1n) is 16.7. The van der Waals surface area contributed by atoms with Crippen molar-refractivity contribution in [1.82, 2.24) is 14.7 Å². The van der Waals surface area contributed by atoms with Crippen LogP contribution in [0.4, 0.5) is 0 Å². The number of piperidine rings is 1. The SMILES string of the molecule is COc1cc(C=C[C@H]2C3=CC[C@@H]4C(=O)N(C5CCN(Cc6ccccc6)CC5)C(=O)[C@@H]4[C@@H]3C[C@@]3(Cl)C(=O)N(CBr)C(=O)[C@@]23Cl)cc(OC)c1O. The quantitative estimate of drug-likeness (QED) is 0.165. The number of allylic oxidation sites excluding steroid dienone is 3. The van der Waals surface area contributed by atoms with E-state index < -0.39 is 45.2 Å². The number of fused-ring (bicyclic) bond motifs is 4. The number of carbonyl (C=O) groups is 4. The van der Waals surface area contributed by atoms with E-state index in [0.717, 1.165) is 24.5 Å². The summed E-state index contributed by atoms with van der Waals surface area (Å²) >= 11 is 17.9. The second-order valence-corrected chi connectivity index (χ2v) is 15.4. The van der Waals surface area contributed by atoms with Gasteiger partial charge in [-0.1, -0.05) is 70.1 Å². The highest BCUT2D eigenvalue weighted by molar-refractivity contribution is 9.09. The number of hydrogen-bond acceptors (Lipinski definition) is 8. The number of nitrogens with zero attached hydrogens (tertiary/aromatic N) is 3. The van der Waals surface area contributed by atoms with E-state index in [4.69, 9.17) is 32.7 Å². The Kier molecular flexibility index (Phi) is 9.33. The number of halogens is 3. The lowest BCUT2D eigenvalue weighted by atomic mass is 9.57. The highest BCUT2D eigenvalue weighted by Crippen LogP contribution is 2.63. The molecule has 264 valence electrons. The van der Waals surface area contributed by atoms with Gasteiger partial charge in [0.1, 0.15) is 0 Å². The smallest absolute Gasteiger partial charge is 0.254 e. The number of aromatic hydroxyl groups is 1. The van der Waals surface area contributed by atoms with Crippen molar-refractivity contribution in [2.24, 2.45) is 23.7 Å². The lowest BCUT2D eigenvalue weighted by Gasteiger charge is -2.49. The molecule has 13 heteroatoms. The van der Waals surface area contributed by atoms with E-state index >= 15 is 0 Å². The summed E-state index contributed by atoms with van der Waals surface area (Å²) in [5, 5.41) is 10.4. The van der Waals surface area contributed by atoms with Crippen LogP contribution >= 0.6 is 39.1 Å². The molecular formula is C37H38BrCl2N3O7. The fraction of sp³-hybridized carbons (Fsp3) is 0.459. The molecule has 3 saturated heterocycles. The molecule has 4 fully saturated rings. The molecule has 0 spiro atoms. The monoisotopic (exact) mass is 785 g/mol. The molecule has 0 radical (unpaired) electrons. The van der Waals surface area contributed by atoms with Crippen LogP contribution in [-0.4, -0.2) is 92.0 Å². The maximum absolute atomic E-state index is 14.4. The molecule has 2 aromatic rings. The van der Waals surface area contributed by atoms with Crippen LogP contribution in [0.25, 0.3) is 6.08 Å². The Hall–Kier alpha value is -3.38. The van der Waals surface area contributed by atoms with Crippen LogP contribution in [0.15, 0.2) is 60.2 Å². The van der Waals surface area contributed by atoms with Gasteiger partial charge in [-0.25, -0.2) is 0 Å². The van der Waals surface area contributed by atoms with Crippen molar-refractivity contribution in [3.8, 4) is 17.2 Å². The third-order valence-corrected chi connectivity index (χ3v) is 13.2. The second kappa shape index (κ2) is 13.3. The summed E-state index contributed by atoms with van der Waals surface area (Å²) in [5.74, 6) is -4.32. The van der Waals surface area contributed by atoms with Crippen molar-refractivity contribution in [3.05, 3.63) is 71.3 Å². The number of phenolic OH excluding ortho intramolecular Hbond substituents is 1. The van der Waals surface area contributed by atoms with Gasteiger partial charge in [0.2, 0.25) is 17.6 Å². The number of carbonyl (C=O) groups excluding carboxylic acids is 4. The first-order chi connectivity index (χ1) is 24.0. The van der Waals surface area contributed by atoms with Crippen LogP contribution in [-0.2, 0) is 25.7 Å². The Bertz CT molecular complexity index is 1770. The Morgan fingerprint density at radius 2 is 1.62 bits per heavy atom. The molecule has 0 bridgehead atoms. The number of methoxy groups -OCH3 is 2. The molecule has 2 aromatic carbocycles. The molecule has 3 heterocycles. The minimum atomic E-state index is -1.90. The zero-order valence-electron chi connectivity index (χ0n) is 27.7. The number of phenols is 1. The van der Waals surface area contributed by atoms with Crippen LogP contribution in [0.5, 0.6) is 17.2 Å². The Balaban J connectivity index is 1.21. The van der Waals surface area contributed by atoms with E-state index in [0.29, 0.717) is 30.4 Å². The Labute approximate surface area is 309 Å². The van der Waals surface area contributed by atoms with E-state index in [1.165, 1.54) is 24.7 Å². The van der Waals surface area contributed by atoms with Crippen LogP contribution in [0.2, 0.25) is 0 Å². The molecule has 0 aromatic heterocycles. The Morgan fingerprint density at radius 3 is 2.24 bits per heavy atom. The molecule has 4 amide bonds. The standard InChI is InChI=1S/C37H38BrCl2N3O7/c1-49-28-16-22(17-29(50-2)31(28)44)8-11-27-24-9-10-25-30(26(24)18-36(39)34(47)42(20-38)35(48)37(27,36)40)33(46)43(32(25)45)23-12-14-41(15-13-23)19-21-6-4-3-5-7-21/h3-9,11,16-17,23,25-27,30,44H,10,12-15,18-20H2,1-2H3/t25-,26+,27-,30-,36+,37-/m0/s1. The fourth-order valence-corrected chi connectivity index (χ4v) is 10.2. The molecule has 6 atom stereocenters. The van der Waals surface area contributed by atoms with Crippen LogP contribution in [0, 0.1) is 23.7 Å². The predicted octanol–water partition coefficient (Wildman–Crippen LogP) is 5.33. The summed E-state index contributed by atoms with van der Waals surface area (Å²) < 4.78 is 10.6. The van der Waals surface area contributed by atoms with Gasteiger partial charge in [0.05, 0.1) is 31.5 Å². The molecule has 1 N–H and O–H groups in total. The van der Waals surface area contributed by atoms with Crippen molar-refractivity contribution in [3.63, 3.8) is 0 Å². The third kappa shape index (κ3) is 5.30. The van der Waals surface area contributed by atoms with Gasteiger partial charge < -0.3 is 14.6 Å². The fourth-order valence-electron chi connectivity index (χ4n) is 8.78. The van der Waals surface area contributed by atoms with E-state index in [9.17, 15) is 24.3 Å². The van der Waals surface area contributed by atoms with Crippen LogP contribution < -0.4 is 9.47 Å². The number of benzene rings is 2. The van der Waals surface area contributed by atoms with Crippen LogP contribution in [0.3, 0.4) is 0 Å². The number of hydrogen-bond donors (Lipinski definition) is 1. The average molecular weight is 788 g/mol. The maximum Gasteiger partial charge on any atom is 0.254 e. The Morgan fingerprint density at radius 1 is 0.960 bits per heavy atom. The van der Waals surface area contributed by atoms with Gasteiger partial charge in [-0.15, -0.1) is 23.2 Å². The maximum atomic E-state index is 14.4. The van der Waals surface area contributed by atoms with E-state index in [-0.39, 0.29) is 47.0 Å². The van der Waals surface area contributed by atoms with Crippen molar-refractivity contribution >= 4 is 68.8 Å². The summed E-state index contributed by atoms with van der Waals surface area (Å²) in [6.45, 7) is 2.33. The number of amides is 4. The topological polar surface area (TPSA) is 117 Å². The molecule has 2 aliphatic carbocycles. The largest absolute Gasteiger partial charge is 0.502 e. The number of imide groups is 2. The highest BCUT2D eigenvalue weighted by atomic mass is 79.9. The summed E-state index contributed by atoms with van der Waals surface area (Å²) in [5.41, 5.74) is 2.40. The number of rotatable bonds is 8. The normalized spacial score (nSPS) is 31.6. The lowest BCUT2D eigenvalue weighted by molar-refractivity contribution is -0.144. The van der Waals surface area contributed by atoms with Crippen molar-refractivity contribution in [1.29, 1.82) is 0 Å². The van der Waals surface area contributed by atoms with Gasteiger partial charge in [-0.3, -0.25) is 33.9 Å². The molecule has 5 aliphatic rings. The second-order valence-electron chi connectivity index (χ2n) is 13.7. The van der Waals surface area contributed by atoms with Crippen molar-refractivity contribution in [2.45, 2.75) is 48.0 Å². The zero-order valence-corrected chi connectivity index (χ0v) is 30.8. The predicted molar refractivity (Wildman–Crippen MR) is 191 cm³/mol. The molecule has 10 nitrogen and oxygen atoms in total. The highest BCUT2D eigenvalue weighted by Gasteiger charge is 2.75. The van der Waals surface area contributed by atoms with Gasteiger partial charge in [0.15, 0.2) is 21.2 Å². The van der Waals surface area contributed by atoms with Crippen molar-refractivity contribution < 1.29 is 33.8 Å². The zero-order chi connectivity index (χ0) is 35.5. The molecular weight excluding hydrogens is 749 g/mol. The number of likely N-dealkylation sites (tertiary alicyclic amines) is 3. The molecule has 50 heavy (non-hydrogen) atoms. The summed E-state index contributed by atoms with van der Waals surface area (Å²) in [7, 11) is 2.84. The van der Waals surface area contributed by atoms with Gasteiger partial charge in [0.25, 0.3) is 11.8 Å². The van der Waals surface area contributed by atoms with Crippen molar-refractivity contribution in [2.75, 3.05) is 32.8 Å².